The summed E-state index contributed by atoms with van der Waals surface area (Å²) in [4.78, 5) is 72.3. The monoisotopic (exact) mass is 848 g/mol. The van der Waals surface area contributed by atoms with Crippen molar-refractivity contribution in [2.45, 2.75) is 68.0 Å². The summed E-state index contributed by atoms with van der Waals surface area (Å²) in [5, 5.41) is 63.7. The van der Waals surface area contributed by atoms with E-state index in [-0.39, 0.29) is 28.0 Å². The van der Waals surface area contributed by atoms with E-state index in [9.17, 15) is 44.7 Å². The van der Waals surface area contributed by atoms with Gasteiger partial charge in [0, 0.05) is 56.2 Å². The highest BCUT2D eigenvalue weighted by molar-refractivity contribution is 6.31. The molecule has 1 aliphatic heterocycles. The first-order chi connectivity index (χ1) is 29.6. The number of phenols is 2. The normalized spacial score (nSPS) is 27.7. The molecule has 0 radical (unpaired) electrons. The number of fused-ring (bicyclic) bond motifs is 5. The number of carbonyl (C=O) groups excluding carboxylic acids is 5. The van der Waals surface area contributed by atoms with Gasteiger partial charge in [-0.05, 0) is 54.3 Å². The quantitative estimate of drug-likeness (QED) is 0.128. The zero-order valence-electron chi connectivity index (χ0n) is 34.2. The van der Waals surface area contributed by atoms with E-state index >= 15 is 4.79 Å². The van der Waals surface area contributed by atoms with E-state index in [2.05, 4.69) is 10.6 Å². The van der Waals surface area contributed by atoms with Crippen molar-refractivity contribution in [3.63, 3.8) is 0 Å². The third-order valence-electron chi connectivity index (χ3n) is 12.7. The SMILES string of the molecule is CO[C@@H]1[C@@H](O)[C@@H](OC)C(NC2=CC(=O)c3c(cc4c(c3O)C(=O)C3(OC)[C@H](O)Cc5cc(C)c(C(=O)Nc6ccc(-c7ccccc7)cc6)c(O)c5C3(CO)C4=O)C2=O)O[C@H]1C. The van der Waals surface area contributed by atoms with Crippen LogP contribution in [0.4, 0.5) is 5.69 Å². The van der Waals surface area contributed by atoms with Crippen molar-refractivity contribution in [2.75, 3.05) is 33.3 Å². The average molecular weight is 849 g/mol. The molecule has 3 unspecified atom stereocenters. The molecule has 4 aromatic carbocycles. The van der Waals surface area contributed by atoms with Crippen LogP contribution in [-0.2, 0) is 30.8 Å². The van der Waals surface area contributed by atoms with E-state index < -0.39 is 124 Å². The fraction of sp³-hybridized carbons (Fsp3) is 0.326. The van der Waals surface area contributed by atoms with Crippen molar-refractivity contribution in [3.8, 4) is 22.6 Å². The Hall–Kier alpha value is -6.11. The summed E-state index contributed by atoms with van der Waals surface area (Å²) < 4.78 is 22.5. The highest BCUT2D eigenvalue weighted by Gasteiger charge is 2.72. The number of amides is 1. The van der Waals surface area contributed by atoms with Crippen molar-refractivity contribution in [1.29, 1.82) is 0 Å². The number of allylic oxidation sites excluding steroid dienone is 2. The van der Waals surface area contributed by atoms with Gasteiger partial charge in [-0.15, -0.1) is 0 Å². The number of aliphatic hydroxyl groups excluding tert-OH is 3. The van der Waals surface area contributed by atoms with Crippen LogP contribution in [0, 0.1) is 6.92 Å². The molecule has 1 fully saturated rings. The highest BCUT2D eigenvalue weighted by Crippen LogP contribution is 2.58. The van der Waals surface area contributed by atoms with Crippen molar-refractivity contribution in [2.24, 2.45) is 0 Å². The number of ether oxygens (including phenoxy) is 4. The van der Waals surface area contributed by atoms with E-state index in [0.717, 1.165) is 30.4 Å². The van der Waals surface area contributed by atoms with Crippen LogP contribution in [0.3, 0.4) is 0 Å². The number of Topliss-reactive ketones (excluding diaryl/α,β-unsaturated/α-hetero) is 3. The molecule has 1 amide bonds. The van der Waals surface area contributed by atoms with Crippen molar-refractivity contribution in [1.82, 2.24) is 5.32 Å². The fourth-order valence-corrected chi connectivity index (χ4v) is 9.82. The molecule has 322 valence electrons. The molecule has 0 saturated carbocycles. The molecule has 1 heterocycles. The van der Waals surface area contributed by atoms with E-state index in [1.165, 1.54) is 27.2 Å². The maximum Gasteiger partial charge on any atom is 0.259 e. The molecule has 8 rings (SSSR count). The molecule has 3 aliphatic carbocycles. The fourth-order valence-electron chi connectivity index (χ4n) is 9.82. The van der Waals surface area contributed by atoms with Crippen LogP contribution in [-0.4, -0.2) is 125 Å². The number of methoxy groups -OCH3 is 3. The number of rotatable bonds is 9. The molecule has 16 nitrogen and oxygen atoms in total. The van der Waals surface area contributed by atoms with Gasteiger partial charge in [-0.25, -0.2) is 0 Å². The third-order valence-corrected chi connectivity index (χ3v) is 12.7. The molecule has 1 saturated heterocycles. The lowest BCUT2D eigenvalue weighted by Crippen LogP contribution is -2.74. The summed E-state index contributed by atoms with van der Waals surface area (Å²) in [5.74, 6) is -6.89. The van der Waals surface area contributed by atoms with Gasteiger partial charge >= 0.3 is 0 Å². The van der Waals surface area contributed by atoms with E-state index in [1.807, 2.05) is 30.3 Å². The zero-order chi connectivity index (χ0) is 44.6. The van der Waals surface area contributed by atoms with Gasteiger partial charge in [0.15, 0.2) is 23.4 Å². The molecule has 7 N–H and O–H groups in total. The number of aryl methyl sites for hydroxylation is 1. The Labute approximate surface area is 354 Å². The summed E-state index contributed by atoms with van der Waals surface area (Å²) in [6.45, 7) is 1.88. The summed E-state index contributed by atoms with van der Waals surface area (Å²) in [6, 6.07) is 18.9. The number of aromatic hydroxyl groups is 2. The molecule has 4 aliphatic rings. The summed E-state index contributed by atoms with van der Waals surface area (Å²) in [5.41, 5.74) is -6.42. The van der Waals surface area contributed by atoms with E-state index in [0.29, 0.717) is 5.69 Å². The average Bonchev–Trinajstić information content (AvgIpc) is 3.24. The number of aliphatic hydroxyl groups is 3. The Bertz CT molecular complexity index is 2590. The van der Waals surface area contributed by atoms with Crippen LogP contribution >= 0.6 is 0 Å². The van der Waals surface area contributed by atoms with Crippen LogP contribution in [0.25, 0.3) is 11.1 Å². The van der Waals surface area contributed by atoms with E-state index in [4.69, 9.17) is 18.9 Å². The van der Waals surface area contributed by atoms with Crippen LogP contribution in [0.1, 0.15) is 75.4 Å². The molecular formula is C46H44N2O14. The van der Waals surface area contributed by atoms with Crippen LogP contribution in [0.5, 0.6) is 11.5 Å². The van der Waals surface area contributed by atoms with Gasteiger partial charge in [-0.3, -0.25) is 24.0 Å². The van der Waals surface area contributed by atoms with Gasteiger partial charge in [0.1, 0.15) is 35.2 Å². The van der Waals surface area contributed by atoms with Crippen molar-refractivity contribution >= 4 is 34.7 Å². The maximum absolute atomic E-state index is 15.3. The third kappa shape index (κ3) is 5.97. The number of anilines is 1. The van der Waals surface area contributed by atoms with Crippen molar-refractivity contribution in [3.05, 3.63) is 123 Å². The first kappa shape index (κ1) is 42.6. The second-order valence-corrected chi connectivity index (χ2v) is 15.8. The minimum Gasteiger partial charge on any atom is -0.507 e. The van der Waals surface area contributed by atoms with Crippen LogP contribution in [0.15, 0.2) is 78.5 Å². The maximum atomic E-state index is 15.3. The molecule has 4 aromatic rings. The number of ketones is 4. The predicted molar refractivity (Wildman–Crippen MR) is 219 cm³/mol. The lowest BCUT2D eigenvalue weighted by Gasteiger charge is -2.55. The Morgan fingerprint density at radius 2 is 1.52 bits per heavy atom. The van der Waals surface area contributed by atoms with Gasteiger partial charge in [-0.1, -0.05) is 48.5 Å². The molecule has 0 bridgehead atoms. The van der Waals surface area contributed by atoms with E-state index in [1.54, 1.807) is 31.2 Å². The minimum atomic E-state index is -2.73. The first-order valence-electron chi connectivity index (χ1n) is 19.7. The minimum absolute atomic E-state index is 0.109. The molecule has 0 aromatic heterocycles. The number of benzene rings is 4. The molecule has 0 spiro atoms. The first-order valence-corrected chi connectivity index (χ1v) is 19.7. The predicted octanol–water partition coefficient (Wildman–Crippen LogP) is 2.93. The largest absolute Gasteiger partial charge is 0.507 e. The summed E-state index contributed by atoms with van der Waals surface area (Å²) in [6.07, 6.45) is -6.45. The zero-order valence-corrected chi connectivity index (χ0v) is 34.2. The van der Waals surface area contributed by atoms with Gasteiger partial charge in [0.2, 0.25) is 11.6 Å². The van der Waals surface area contributed by atoms with Crippen LogP contribution < -0.4 is 10.6 Å². The van der Waals surface area contributed by atoms with Crippen LogP contribution in [0.2, 0.25) is 0 Å². The van der Waals surface area contributed by atoms with Gasteiger partial charge in [0.05, 0.1) is 41.2 Å². The Morgan fingerprint density at radius 3 is 2.15 bits per heavy atom. The van der Waals surface area contributed by atoms with Gasteiger partial charge in [0.25, 0.3) is 5.91 Å². The lowest BCUT2D eigenvalue weighted by molar-refractivity contribution is -0.236. The Balaban J connectivity index is 1.22. The van der Waals surface area contributed by atoms with Crippen molar-refractivity contribution < 1.29 is 68.5 Å². The lowest BCUT2D eigenvalue weighted by atomic mass is 9.50. The standard InChI is InChI=1S/C46H44N2O14/c1-20-15-24-16-30(51)46(61-5)42(57)33-27(17-26-32(36(33)53)29(50)18-28(35(26)52)48-44-40(60-4)38(55)39(59-3)21(2)62-44)41(56)45(46,19-49)34(24)37(54)31(20)43(58)47-25-13-11-23(12-14-25)22-9-7-6-8-10-22/h6-15,17-18,21,30,38-40,44,48-49,51,53-55H,16,19H2,1-5H3,(H,47,58)/t21-,30+,38+,39-,40+,44?,45?,46?/m0/s1. The number of nitrogens with one attached hydrogen (secondary N) is 2. The molecular weight excluding hydrogens is 805 g/mol. The van der Waals surface area contributed by atoms with Gasteiger partial charge < -0.3 is 55.1 Å². The number of hydrogen-bond acceptors (Lipinski definition) is 15. The number of carbonyl (C=O) groups is 5. The smallest absolute Gasteiger partial charge is 0.259 e. The molecule has 16 heteroatoms. The molecule has 8 atom stereocenters. The second-order valence-electron chi connectivity index (χ2n) is 15.8. The topological polar surface area (TPSA) is 247 Å². The highest BCUT2D eigenvalue weighted by atomic mass is 16.6. The summed E-state index contributed by atoms with van der Waals surface area (Å²) >= 11 is 0. The summed E-state index contributed by atoms with van der Waals surface area (Å²) in [7, 11) is 3.69. The number of hydrogen-bond donors (Lipinski definition) is 7. The number of phenolic OH excluding ortho intramolecular Hbond substituents is 2. The molecule has 62 heavy (non-hydrogen) atoms. The van der Waals surface area contributed by atoms with Gasteiger partial charge in [-0.2, -0.15) is 0 Å². The second kappa shape index (κ2) is 15.7. The Morgan fingerprint density at radius 1 is 0.855 bits per heavy atom. The Kier molecular flexibility index (Phi) is 10.8.